The summed E-state index contributed by atoms with van der Waals surface area (Å²) < 4.78 is 13.3. The van der Waals surface area contributed by atoms with Crippen LogP contribution in [0, 0.1) is 5.82 Å². The monoisotopic (exact) mass is 314 g/mol. The quantitative estimate of drug-likeness (QED) is 0.945. The molecule has 1 aliphatic heterocycles. The molecule has 2 heterocycles. The molecule has 0 radical (unpaired) electrons. The molecule has 1 fully saturated rings. The first kappa shape index (κ1) is 15.3. The standard InChI is InChI=1S/C17H19FN4O/c18-14-4-3-6-16(12-14)21-8-10-22(11-9-21)17(23)20-13-15-5-1-2-7-19-15/h1-7,12H,8-11,13H2,(H,20,23). The first-order valence-corrected chi connectivity index (χ1v) is 7.65. The van der Waals surface area contributed by atoms with Crippen LogP contribution >= 0.6 is 0 Å². The Hall–Kier alpha value is -2.63. The Labute approximate surface area is 134 Å². The maximum atomic E-state index is 13.3. The van der Waals surface area contributed by atoms with E-state index in [1.54, 1.807) is 17.2 Å². The van der Waals surface area contributed by atoms with Crippen LogP contribution in [0.25, 0.3) is 0 Å². The van der Waals surface area contributed by atoms with E-state index in [9.17, 15) is 9.18 Å². The summed E-state index contributed by atoms with van der Waals surface area (Å²) in [5, 5.41) is 2.88. The lowest BCUT2D eigenvalue weighted by atomic mass is 10.2. The lowest BCUT2D eigenvalue weighted by molar-refractivity contribution is 0.194. The molecule has 2 amide bonds. The molecule has 6 heteroatoms. The molecule has 0 bridgehead atoms. The highest BCUT2D eigenvalue weighted by Gasteiger charge is 2.21. The summed E-state index contributed by atoms with van der Waals surface area (Å²) in [6.07, 6.45) is 1.71. The van der Waals surface area contributed by atoms with Gasteiger partial charge in [0.15, 0.2) is 0 Å². The van der Waals surface area contributed by atoms with Crippen LogP contribution in [0.4, 0.5) is 14.9 Å². The number of nitrogens with zero attached hydrogens (tertiary/aromatic N) is 3. The second-order valence-corrected chi connectivity index (χ2v) is 5.43. The van der Waals surface area contributed by atoms with Gasteiger partial charge in [0, 0.05) is 38.1 Å². The number of hydrogen-bond acceptors (Lipinski definition) is 3. The second-order valence-electron chi connectivity index (χ2n) is 5.43. The first-order valence-electron chi connectivity index (χ1n) is 7.65. The van der Waals surface area contributed by atoms with Crippen molar-refractivity contribution in [2.45, 2.75) is 6.54 Å². The number of urea groups is 1. The van der Waals surface area contributed by atoms with Crippen molar-refractivity contribution in [1.29, 1.82) is 0 Å². The fourth-order valence-electron chi connectivity index (χ4n) is 2.62. The highest BCUT2D eigenvalue weighted by molar-refractivity contribution is 5.74. The Morgan fingerprint density at radius 2 is 1.96 bits per heavy atom. The number of amides is 2. The molecule has 1 saturated heterocycles. The van der Waals surface area contributed by atoms with Crippen molar-refractivity contribution in [3.8, 4) is 0 Å². The van der Waals surface area contributed by atoms with Gasteiger partial charge in [-0.2, -0.15) is 0 Å². The molecule has 0 unspecified atom stereocenters. The van der Waals surface area contributed by atoms with Crippen LogP contribution in [-0.2, 0) is 6.54 Å². The molecule has 0 aliphatic carbocycles. The Balaban J connectivity index is 1.49. The van der Waals surface area contributed by atoms with Crippen molar-refractivity contribution >= 4 is 11.7 Å². The van der Waals surface area contributed by atoms with E-state index in [0.717, 1.165) is 11.4 Å². The smallest absolute Gasteiger partial charge is 0.317 e. The minimum absolute atomic E-state index is 0.0884. The van der Waals surface area contributed by atoms with Gasteiger partial charge >= 0.3 is 6.03 Å². The van der Waals surface area contributed by atoms with Crippen LogP contribution in [0.15, 0.2) is 48.7 Å². The molecular weight excluding hydrogens is 295 g/mol. The molecule has 23 heavy (non-hydrogen) atoms. The Morgan fingerprint density at radius 3 is 2.65 bits per heavy atom. The molecule has 1 aromatic heterocycles. The van der Waals surface area contributed by atoms with Gasteiger partial charge in [0.1, 0.15) is 5.82 Å². The number of benzene rings is 1. The predicted molar refractivity (Wildman–Crippen MR) is 86.7 cm³/mol. The third kappa shape index (κ3) is 3.97. The third-order valence-corrected chi connectivity index (χ3v) is 3.89. The molecule has 0 atom stereocenters. The number of halogens is 1. The lowest BCUT2D eigenvalue weighted by Gasteiger charge is -2.36. The van der Waals surface area contributed by atoms with Crippen LogP contribution in [0.2, 0.25) is 0 Å². The number of rotatable bonds is 3. The third-order valence-electron chi connectivity index (χ3n) is 3.89. The van der Waals surface area contributed by atoms with E-state index in [0.29, 0.717) is 32.7 Å². The van der Waals surface area contributed by atoms with Crippen LogP contribution in [0.5, 0.6) is 0 Å². The predicted octanol–water partition coefficient (Wildman–Crippen LogP) is 2.25. The van der Waals surface area contributed by atoms with Gasteiger partial charge in [-0.1, -0.05) is 12.1 Å². The molecule has 3 rings (SSSR count). The number of nitrogens with one attached hydrogen (secondary N) is 1. The molecule has 1 N–H and O–H groups in total. The van der Waals surface area contributed by atoms with Crippen molar-refractivity contribution in [3.63, 3.8) is 0 Å². The van der Waals surface area contributed by atoms with Gasteiger partial charge in [0.25, 0.3) is 0 Å². The van der Waals surface area contributed by atoms with Crippen LogP contribution in [-0.4, -0.2) is 42.1 Å². The molecule has 2 aromatic rings. The second kappa shape index (κ2) is 7.09. The fraction of sp³-hybridized carbons (Fsp3) is 0.294. The highest BCUT2D eigenvalue weighted by Crippen LogP contribution is 2.17. The maximum Gasteiger partial charge on any atom is 0.317 e. The normalized spacial score (nSPS) is 14.7. The molecule has 120 valence electrons. The zero-order valence-electron chi connectivity index (χ0n) is 12.8. The van der Waals surface area contributed by atoms with Crippen molar-refractivity contribution in [3.05, 3.63) is 60.2 Å². The first-order chi connectivity index (χ1) is 11.2. The number of piperazine rings is 1. The summed E-state index contributed by atoms with van der Waals surface area (Å²) in [7, 11) is 0. The Bertz CT molecular complexity index is 657. The molecule has 0 saturated carbocycles. The van der Waals surface area contributed by atoms with E-state index in [1.807, 2.05) is 24.3 Å². The zero-order valence-corrected chi connectivity index (χ0v) is 12.8. The van der Waals surface area contributed by atoms with Gasteiger partial charge in [-0.3, -0.25) is 4.98 Å². The molecule has 1 aliphatic rings. The molecule has 5 nitrogen and oxygen atoms in total. The van der Waals surface area contributed by atoms with E-state index in [2.05, 4.69) is 15.2 Å². The minimum atomic E-state index is -0.238. The maximum absolute atomic E-state index is 13.3. The summed E-state index contributed by atoms with van der Waals surface area (Å²) in [6.45, 7) is 3.04. The van der Waals surface area contributed by atoms with Gasteiger partial charge in [-0.15, -0.1) is 0 Å². The topological polar surface area (TPSA) is 48.5 Å². The fourth-order valence-corrected chi connectivity index (χ4v) is 2.62. The van der Waals surface area contributed by atoms with Crippen molar-refractivity contribution in [1.82, 2.24) is 15.2 Å². The number of anilines is 1. The van der Waals surface area contributed by atoms with Crippen LogP contribution in [0.1, 0.15) is 5.69 Å². The zero-order chi connectivity index (χ0) is 16.1. The van der Waals surface area contributed by atoms with Gasteiger partial charge in [-0.25, -0.2) is 9.18 Å². The van der Waals surface area contributed by atoms with E-state index >= 15 is 0 Å². The Morgan fingerprint density at radius 1 is 1.13 bits per heavy atom. The summed E-state index contributed by atoms with van der Waals surface area (Å²) in [6, 6.07) is 12.1. The lowest BCUT2D eigenvalue weighted by Crippen LogP contribution is -2.51. The van der Waals surface area contributed by atoms with E-state index in [1.165, 1.54) is 12.1 Å². The average molecular weight is 314 g/mol. The number of carbonyl (C=O) groups is 1. The van der Waals surface area contributed by atoms with Crippen molar-refractivity contribution in [2.24, 2.45) is 0 Å². The number of hydrogen-bond donors (Lipinski definition) is 1. The van der Waals surface area contributed by atoms with E-state index in [4.69, 9.17) is 0 Å². The summed E-state index contributed by atoms with van der Waals surface area (Å²) >= 11 is 0. The van der Waals surface area contributed by atoms with Crippen LogP contribution < -0.4 is 10.2 Å². The van der Waals surface area contributed by atoms with Gasteiger partial charge in [-0.05, 0) is 30.3 Å². The number of aromatic nitrogens is 1. The Kier molecular flexibility index (Phi) is 4.71. The molecular formula is C17H19FN4O. The molecule has 0 spiro atoms. The summed E-state index contributed by atoms with van der Waals surface area (Å²) in [5.74, 6) is -0.238. The summed E-state index contributed by atoms with van der Waals surface area (Å²) in [5.41, 5.74) is 1.69. The minimum Gasteiger partial charge on any atom is -0.368 e. The number of carbonyl (C=O) groups excluding carboxylic acids is 1. The van der Waals surface area contributed by atoms with Gasteiger partial charge in [0.05, 0.1) is 12.2 Å². The SMILES string of the molecule is O=C(NCc1ccccn1)N1CCN(c2cccc(F)c2)CC1. The average Bonchev–Trinajstić information content (AvgIpc) is 2.61. The van der Waals surface area contributed by atoms with Crippen molar-refractivity contribution in [2.75, 3.05) is 31.1 Å². The number of pyridine rings is 1. The summed E-state index contributed by atoms with van der Waals surface area (Å²) in [4.78, 5) is 20.2. The van der Waals surface area contributed by atoms with E-state index < -0.39 is 0 Å². The highest BCUT2D eigenvalue weighted by atomic mass is 19.1. The van der Waals surface area contributed by atoms with Crippen molar-refractivity contribution < 1.29 is 9.18 Å². The van der Waals surface area contributed by atoms with Crippen LogP contribution in [0.3, 0.4) is 0 Å². The van der Waals surface area contributed by atoms with Gasteiger partial charge in [0.2, 0.25) is 0 Å². The van der Waals surface area contributed by atoms with Gasteiger partial charge < -0.3 is 15.1 Å². The molecule has 1 aromatic carbocycles. The largest absolute Gasteiger partial charge is 0.368 e. The van der Waals surface area contributed by atoms with E-state index in [-0.39, 0.29) is 11.8 Å².